The molecule has 1 aromatic rings. The van der Waals surface area contributed by atoms with Crippen LogP contribution in [-0.4, -0.2) is 0 Å². The van der Waals surface area contributed by atoms with E-state index in [0.717, 1.165) is 11.1 Å². The number of hydrogen-bond donors (Lipinski definition) is 0. The van der Waals surface area contributed by atoms with Crippen LogP contribution in [0.1, 0.15) is 11.1 Å². The minimum atomic E-state index is 0.139. The van der Waals surface area contributed by atoms with Gasteiger partial charge in [0.15, 0.2) is 0 Å². The van der Waals surface area contributed by atoms with Crippen molar-refractivity contribution in [1.29, 1.82) is 10.5 Å². The highest BCUT2D eigenvalue weighted by atomic mass is 14.3. The first-order chi connectivity index (χ1) is 7.85. The molecule has 0 unspecified atom stereocenters. The second kappa shape index (κ2) is 4.29. The Morgan fingerprint density at radius 3 is 1.75 bits per heavy atom. The summed E-state index contributed by atoms with van der Waals surface area (Å²) in [7, 11) is 0. The molecule has 0 saturated carbocycles. The van der Waals surface area contributed by atoms with Gasteiger partial charge in [0.1, 0.15) is 17.7 Å². The van der Waals surface area contributed by atoms with Gasteiger partial charge in [-0.25, -0.2) is 0 Å². The topological polar surface area (TPSA) is 47.6 Å². The van der Waals surface area contributed by atoms with E-state index in [9.17, 15) is 0 Å². The van der Waals surface area contributed by atoms with Crippen molar-refractivity contribution in [2.45, 2.75) is 0 Å². The Morgan fingerprint density at radius 2 is 1.31 bits per heavy atom. The van der Waals surface area contributed by atoms with Crippen molar-refractivity contribution in [1.82, 2.24) is 0 Å². The monoisotopic (exact) mass is 204 g/mol. The van der Waals surface area contributed by atoms with Crippen LogP contribution in [-0.2, 0) is 0 Å². The molecule has 0 atom stereocenters. The van der Waals surface area contributed by atoms with Crippen LogP contribution in [0.3, 0.4) is 0 Å². The Hall–Kier alpha value is -2.58. The van der Waals surface area contributed by atoms with E-state index < -0.39 is 0 Å². The van der Waals surface area contributed by atoms with E-state index in [4.69, 9.17) is 10.5 Å². The van der Waals surface area contributed by atoms with Crippen LogP contribution < -0.4 is 0 Å². The Bertz CT molecular complexity index is 539. The lowest BCUT2D eigenvalue weighted by Gasteiger charge is -1.96. The summed E-state index contributed by atoms with van der Waals surface area (Å²) < 4.78 is 0. The fourth-order valence-electron chi connectivity index (χ4n) is 1.55. The van der Waals surface area contributed by atoms with Gasteiger partial charge in [-0.1, -0.05) is 48.6 Å². The second-order valence-electron chi connectivity index (χ2n) is 3.35. The smallest absolute Gasteiger partial charge is 0.136 e. The van der Waals surface area contributed by atoms with Crippen molar-refractivity contribution in [3.63, 3.8) is 0 Å². The Labute approximate surface area is 94.1 Å². The third kappa shape index (κ3) is 1.78. The van der Waals surface area contributed by atoms with Crippen LogP contribution in [0.4, 0.5) is 0 Å². The SMILES string of the molecule is N#CC(C#N)=C1C=Cc2ccccc2C=C1. The Morgan fingerprint density at radius 1 is 0.812 bits per heavy atom. The van der Waals surface area contributed by atoms with Crippen LogP contribution >= 0.6 is 0 Å². The quantitative estimate of drug-likeness (QED) is 0.610. The summed E-state index contributed by atoms with van der Waals surface area (Å²) in [5.41, 5.74) is 2.97. The molecule has 0 N–H and O–H groups in total. The van der Waals surface area contributed by atoms with Gasteiger partial charge in [-0.05, 0) is 11.1 Å². The predicted octanol–water partition coefficient (Wildman–Crippen LogP) is 3.07. The van der Waals surface area contributed by atoms with Crippen molar-refractivity contribution in [3.05, 3.63) is 58.7 Å². The molecule has 0 saturated heterocycles. The van der Waals surface area contributed by atoms with E-state index >= 15 is 0 Å². The molecule has 1 aliphatic rings. The van der Waals surface area contributed by atoms with E-state index in [2.05, 4.69) is 0 Å². The normalized spacial score (nSPS) is 12.2. The first-order valence-electron chi connectivity index (χ1n) is 4.85. The number of rotatable bonds is 0. The number of benzene rings is 1. The predicted molar refractivity (Wildman–Crippen MR) is 62.8 cm³/mol. The van der Waals surface area contributed by atoms with Crippen LogP contribution in [0, 0.1) is 22.7 Å². The lowest BCUT2D eigenvalue weighted by Crippen LogP contribution is -1.79. The molecule has 0 spiro atoms. The molecule has 0 aliphatic heterocycles. The first kappa shape index (κ1) is 9.96. The fourth-order valence-corrected chi connectivity index (χ4v) is 1.55. The highest BCUT2D eigenvalue weighted by Crippen LogP contribution is 2.20. The molecule has 1 aliphatic carbocycles. The molecule has 16 heavy (non-hydrogen) atoms. The highest BCUT2D eigenvalue weighted by molar-refractivity contribution is 5.73. The van der Waals surface area contributed by atoms with E-state index in [1.54, 1.807) is 12.2 Å². The number of nitrogens with zero attached hydrogens (tertiary/aromatic N) is 2. The van der Waals surface area contributed by atoms with Crippen LogP contribution in [0.2, 0.25) is 0 Å². The Kier molecular flexibility index (Phi) is 2.67. The molecule has 0 aromatic heterocycles. The van der Waals surface area contributed by atoms with E-state index in [0.29, 0.717) is 5.57 Å². The number of fused-ring (bicyclic) bond motifs is 1. The van der Waals surface area contributed by atoms with Crippen LogP contribution in [0.15, 0.2) is 47.6 Å². The maximum atomic E-state index is 8.79. The molecular formula is C14H8N2. The number of hydrogen-bond acceptors (Lipinski definition) is 2. The average molecular weight is 204 g/mol. The molecule has 0 radical (unpaired) electrons. The molecule has 0 heterocycles. The van der Waals surface area contributed by atoms with Crippen molar-refractivity contribution in [3.8, 4) is 12.1 Å². The number of nitriles is 2. The Balaban J connectivity index is 2.55. The van der Waals surface area contributed by atoms with Crippen molar-refractivity contribution in [2.75, 3.05) is 0 Å². The summed E-state index contributed by atoms with van der Waals surface area (Å²) in [6, 6.07) is 11.7. The summed E-state index contributed by atoms with van der Waals surface area (Å²) in [6.07, 6.45) is 7.42. The van der Waals surface area contributed by atoms with E-state index in [1.165, 1.54) is 0 Å². The standard InChI is InChI=1S/C14H8N2/c15-9-14(10-16)13-7-5-11-3-1-2-4-12(11)6-8-13/h1-8H. The van der Waals surface area contributed by atoms with Gasteiger partial charge in [0.2, 0.25) is 0 Å². The summed E-state index contributed by atoms with van der Waals surface area (Å²) in [5.74, 6) is 0. The number of allylic oxidation sites excluding steroid dienone is 4. The molecule has 0 bridgehead atoms. The minimum absolute atomic E-state index is 0.139. The van der Waals surface area contributed by atoms with E-state index in [1.807, 2.05) is 48.6 Å². The van der Waals surface area contributed by atoms with Crippen LogP contribution in [0.5, 0.6) is 0 Å². The van der Waals surface area contributed by atoms with Gasteiger partial charge < -0.3 is 0 Å². The molecule has 74 valence electrons. The molecule has 2 heteroatoms. The fraction of sp³-hybridized carbons (Fsp3) is 0. The lowest BCUT2D eigenvalue weighted by molar-refractivity contribution is 1.44. The summed E-state index contributed by atoms with van der Waals surface area (Å²) >= 11 is 0. The first-order valence-corrected chi connectivity index (χ1v) is 4.85. The zero-order valence-corrected chi connectivity index (χ0v) is 8.51. The van der Waals surface area contributed by atoms with Gasteiger partial charge in [0.05, 0.1) is 0 Å². The van der Waals surface area contributed by atoms with Gasteiger partial charge >= 0.3 is 0 Å². The molecule has 1 aromatic carbocycles. The van der Waals surface area contributed by atoms with Crippen molar-refractivity contribution >= 4 is 12.2 Å². The molecular weight excluding hydrogens is 196 g/mol. The maximum absolute atomic E-state index is 8.79. The maximum Gasteiger partial charge on any atom is 0.136 e. The van der Waals surface area contributed by atoms with Gasteiger partial charge in [-0.15, -0.1) is 0 Å². The highest BCUT2D eigenvalue weighted by Gasteiger charge is 2.03. The van der Waals surface area contributed by atoms with Gasteiger partial charge in [-0.2, -0.15) is 10.5 Å². The van der Waals surface area contributed by atoms with Crippen molar-refractivity contribution < 1.29 is 0 Å². The summed E-state index contributed by atoms with van der Waals surface area (Å²) in [4.78, 5) is 0. The average Bonchev–Trinajstić information content (AvgIpc) is 2.54. The summed E-state index contributed by atoms with van der Waals surface area (Å²) in [6.45, 7) is 0. The zero-order valence-electron chi connectivity index (χ0n) is 8.51. The third-order valence-electron chi connectivity index (χ3n) is 2.39. The summed E-state index contributed by atoms with van der Waals surface area (Å²) in [5, 5.41) is 17.6. The van der Waals surface area contributed by atoms with Gasteiger partial charge in [0.25, 0.3) is 0 Å². The zero-order chi connectivity index (χ0) is 11.4. The molecule has 2 nitrogen and oxygen atoms in total. The molecule has 0 fully saturated rings. The van der Waals surface area contributed by atoms with Crippen LogP contribution in [0.25, 0.3) is 12.2 Å². The second-order valence-corrected chi connectivity index (χ2v) is 3.35. The minimum Gasteiger partial charge on any atom is -0.192 e. The molecule has 2 rings (SSSR count). The van der Waals surface area contributed by atoms with Crippen molar-refractivity contribution in [2.24, 2.45) is 0 Å². The van der Waals surface area contributed by atoms with E-state index in [-0.39, 0.29) is 5.57 Å². The molecule has 0 amide bonds. The largest absolute Gasteiger partial charge is 0.192 e. The lowest BCUT2D eigenvalue weighted by atomic mass is 10.1. The van der Waals surface area contributed by atoms with Gasteiger partial charge in [-0.3, -0.25) is 0 Å². The third-order valence-corrected chi connectivity index (χ3v) is 2.39. The van der Waals surface area contributed by atoms with Gasteiger partial charge in [0, 0.05) is 5.57 Å².